The van der Waals surface area contributed by atoms with Gasteiger partial charge in [-0.1, -0.05) is 66.8 Å². The molecule has 1 heterocycles. The molecule has 4 nitrogen and oxygen atoms in total. The van der Waals surface area contributed by atoms with Crippen molar-refractivity contribution in [2.75, 3.05) is 25.8 Å². The Morgan fingerprint density at radius 1 is 1.08 bits per heavy atom. The van der Waals surface area contributed by atoms with Gasteiger partial charge in [-0.15, -0.1) is 21.9 Å². The Kier molecular flexibility index (Phi) is 7.20. The molecule has 2 aromatic rings. The van der Waals surface area contributed by atoms with Gasteiger partial charge >= 0.3 is 37.7 Å². The topological polar surface area (TPSA) is 35.8 Å². The van der Waals surface area contributed by atoms with Gasteiger partial charge in [-0.05, 0) is 14.1 Å². The molecule has 1 aliphatic rings. The fraction of sp³-hybridized carbons (Fsp3) is 0.526. The van der Waals surface area contributed by atoms with Crippen LogP contribution in [0.5, 0.6) is 11.5 Å². The summed E-state index contributed by atoms with van der Waals surface area (Å²) in [6.45, 7) is 13.8. The molecule has 0 N–H and O–H groups in total. The Morgan fingerprint density at radius 3 is 2.12 bits per heavy atom. The molecule has 0 saturated carbocycles. The average Bonchev–Trinajstić information content (AvgIpc) is 2.92. The van der Waals surface area contributed by atoms with Gasteiger partial charge in [-0.2, -0.15) is 5.19 Å². The van der Waals surface area contributed by atoms with E-state index in [0.29, 0.717) is 6.79 Å². The predicted molar refractivity (Wildman–Crippen MR) is 105 cm³/mol. The van der Waals surface area contributed by atoms with Gasteiger partial charge in [-0.25, -0.2) is 0 Å². The first-order valence-electron chi connectivity index (χ1n) is 8.46. The van der Waals surface area contributed by atoms with Gasteiger partial charge in [0.15, 0.2) is 0 Å². The van der Waals surface area contributed by atoms with E-state index < -0.39 is 8.24 Å². The Labute approximate surface area is 182 Å². The van der Waals surface area contributed by atoms with E-state index in [0.717, 1.165) is 11.5 Å². The van der Waals surface area contributed by atoms with E-state index >= 15 is 0 Å². The largest absolute Gasteiger partial charge is 1.00 e. The van der Waals surface area contributed by atoms with Gasteiger partial charge in [0.2, 0.25) is 6.79 Å². The summed E-state index contributed by atoms with van der Waals surface area (Å²) in [6.07, 6.45) is 0. The van der Waals surface area contributed by atoms with Gasteiger partial charge < -0.3 is 19.4 Å². The molecule has 1 aliphatic heterocycles. The molecular formula is C19H28Li2N2O2Si. The van der Waals surface area contributed by atoms with Crippen LogP contribution in [-0.4, -0.2) is 34.7 Å². The molecule has 26 heavy (non-hydrogen) atoms. The summed E-state index contributed by atoms with van der Waals surface area (Å²) in [5, 5.41) is 3.92. The van der Waals surface area contributed by atoms with Crippen LogP contribution in [-0.2, 0) is 0 Å². The van der Waals surface area contributed by atoms with Crippen LogP contribution in [0.4, 0.5) is 5.69 Å². The predicted octanol–water partition coefficient (Wildman–Crippen LogP) is -1.75. The minimum Gasteiger partial charge on any atom is -0.663 e. The zero-order chi connectivity index (χ0) is 17.9. The van der Waals surface area contributed by atoms with Crippen LogP contribution in [0.2, 0.25) is 13.1 Å². The maximum atomic E-state index is 5.63. The second-order valence-electron chi connectivity index (χ2n) is 8.34. The Hall–Kier alpha value is -0.398. The first-order chi connectivity index (χ1) is 11.0. The minimum absolute atomic E-state index is 0. The molecule has 0 saturated heterocycles. The molecule has 0 amide bonds. The standard InChI is InChI=1S/C19H28N2O2Si.2Li/c1-12-17(21(5)6)13-9-15-16(23-11-22-15)10-14(13)18(12)24(7,8)20-19(2,3)4;;/h9-10H,11H2,1-8H3;;/q-2;2*+1. The number of hydrogen-bond donors (Lipinski definition) is 0. The second-order valence-corrected chi connectivity index (χ2v) is 12.2. The Balaban J connectivity index is 0.00000169. The first kappa shape index (κ1) is 23.6. The summed E-state index contributed by atoms with van der Waals surface area (Å²) in [5.41, 5.74) is 2.56. The zero-order valence-electron chi connectivity index (χ0n) is 18.1. The smallest absolute Gasteiger partial charge is 0.663 e. The molecule has 2 aromatic carbocycles. The van der Waals surface area contributed by atoms with Crippen LogP contribution < -0.4 is 57.3 Å². The second kappa shape index (κ2) is 7.92. The monoisotopic (exact) mass is 358 g/mol. The number of hydrogen-bond acceptors (Lipinski definition) is 3. The van der Waals surface area contributed by atoms with Crippen molar-refractivity contribution >= 4 is 29.9 Å². The molecule has 132 valence electrons. The molecule has 0 radical (unpaired) electrons. The van der Waals surface area contributed by atoms with Crippen LogP contribution in [0.15, 0.2) is 12.1 Å². The number of anilines is 1. The first-order valence-corrected chi connectivity index (χ1v) is 11.4. The van der Waals surface area contributed by atoms with Crippen molar-refractivity contribution in [3.05, 3.63) is 22.7 Å². The fourth-order valence-corrected chi connectivity index (χ4v) is 7.82. The van der Waals surface area contributed by atoms with Gasteiger partial charge in [0, 0.05) is 0 Å². The van der Waals surface area contributed by atoms with Crippen molar-refractivity contribution in [2.45, 2.75) is 46.3 Å². The van der Waals surface area contributed by atoms with Crippen molar-refractivity contribution in [1.82, 2.24) is 0 Å². The summed E-state index contributed by atoms with van der Waals surface area (Å²) in [7, 11) is 2.23. The molecule has 0 bridgehead atoms. The van der Waals surface area contributed by atoms with Gasteiger partial charge in [-0.3, -0.25) is 0 Å². The van der Waals surface area contributed by atoms with E-state index in [1.54, 1.807) is 0 Å². The van der Waals surface area contributed by atoms with Crippen LogP contribution in [0.3, 0.4) is 0 Å². The Bertz CT molecular complexity index is 795. The molecule has 7 heteroatoms. The third-order valence-corrected chi connectivity index (χ3v) is 7.54. The molecule has 0 unspecified atom stereocenters. The summed E-state index contributed by atoms with van der Waals surface area (Å²) in [6, 6.07) is 4.28. The van der Waals surface area contributed by atoms with E-state index in [4.69, 9.17) is 14.5 Å². The van der Waals surface area contributed by atoms with Crippen molar-refractivity contribution in [2.24, 2.45) is 0 Å². The van der Waals surface area contributed by atoms with E-state index in [-0.39, 0.29) is 43.3 Å². The summed E-state index contributed by atoms with van der Waals surface area (Å²) in [4.78, 5) is 7.44. The van der Waals surface area contributed by atoms with Crippen molar-refractivity contribution in [3.63, 3.8) is 0 Å². The minimum atomic E-state index is -1.98. The number of ether oxygens (including phenoxy) is 2. The summed E-state index contributed by atoms with van der Waals surface area (Å²) >= 11 is 0. The molecular weight excluding hydrogens is 330 g/mol. The van der Waals surface area contributed by atoms with Crippen molar-refractivity contribution in [1.29, 1.82) is 0 Å². The average molecular weight is 358 g/mol. The van der Waals surface area contributed by atoms with E-state index in [1.165, 1.54) is 27.2 Å². The third kappa shape index (κ3) is 4.20. The molecule has 0 fully saturated rings. The van der Waals surface area contributed by atoms with Crippen LogP contribution >= 0.6 is 0 Å². The number of rotatable bonds is 3. The Morgan fingerprint density at radius 2 is 1.62 bits per heavy atom. The SMILES string of the molecule is Cc1c(N(C)C)c2cc3c(cc2[c-]1[Si](C)(C)[N-]C(C)(C)C)OCO3.[Li+].[Li+]. The normalized spacial score (nSPS) is 13.4. The third-order valence-electron chi connectivity index (χ3n) is 4.44. The van der Waals surface area contributed by atoms with Gasteiger partial charge in [0.25, 0.3) is 0 Å². The van der Waals surface area contributed by atoms with E-state index in [1.807, 2.05) is 0 Å². The number of fused-ring (bicyclic) bond motifs is 2. The summed E-state index contributed by atoms with van der Waals surface area (Å²) < 4.78 is 11.2. The maximum absolute atomic E-state index is 5.63. The van der Waals surface area contributed by atoms with Crippen molar-refractivity contribution in [3.8, 4) is 11.5 Å². The van der Waals surface area contributed by atoms with Crippen LogP contribution in [0.25, 0.3) is 15.8 Å². The zero-order valence-corrected chi connectivity index (χ0v) is 19.1. The quantitative estimate of drug-likeness (QED) is 0.483. The molecule has 0 aliphatic carbocycles. The van der Waals surface area contributed by atoms with Gasteiger partial charge in [0.05, 0.1) is 0 Å². The maximum Gasteiger partial charge on any atom is 1.00 e. The van der Waals surface area contributed by atoms with Gasteiger partial charge in [0.1, 0.15) is 11.5 Å². The van der Waals surface area contributed by atoms with Crippen molar-refractivity contribution < 1.29 is 47.2 Å². The van der Waals surface area contributed by atoms with E-state index in [2.05, 4.69) is 71.9 Å². The molecule has 0 spiro atoms. The molecule has 0 atom stereocenters. The molecule has 0 aromatic heterocycles. The van der Waals surface area contributed by atoms with Crippen LogP contribution in [0.1, 0.15) is 26.3 Å². The number of nitrogens with zero attached hydrogens (tertiary/aromatic N) is 2. The molecule has 3 rings (SSSR count). The van der Waals surface area contributed by atoms with E-state index in [9.17, 15) is 0 Å². The van der Waals surface area contributed by atoms with Crippen LogP contribution in [0, 0.1) is 6.92 Å². The number of benzene rings is 1. The summed E-state index contributed by atoms with van der Waals surface area (Å²) in [5.74, 6) is 1.69. The fourth-order valence-electron chi connectivity index (χ4n) is 4.13.